The van der Waals surface area contributed by atoms with Crippen LogP contribution in [0.3, 0.4) is 0 Å². The highest BCUT2D eigenvalue weighted by Crippen LogP contribution is 2.39. The number of hydrogen-bond acceptors (Lipinski definition) is 2. The zero-order valence-electron chi connectivity index (χ0n) is 15.0. The highest BCUT2D eigenvalue weighted by Gasteiger charge is 2.26. The van der Waals surface area contributed by atoms with Crippen molar-refractivity contribution < 1.29 is 9.67 Å². The second-order valence-electron chi connectivity index (χ2n) is 7.33. The van der Waals surface area contributed by atoms with Gasteiger partial charge in [-0.2, -0.15) is 4.57 Å². The predicted octanol–water partition coefficient (Wildman–Crippen LogP) is 5.05. The van der Waals surface area contributed by atoms with Crippen molar-refractivity contribution in [2.24, 2.45) is 5.41 Å². The van der Waals surface area contributed by atoms with E-state index >= 15 is 0 Å². The molecule has 3 heteroatoms. The van der Waals surface area contributed by atoms with Gasteiger partial charge in [-0.15, -0.1) is 0 Å². The van der Waals surface area contributed by atoms with Crippen molar-refractivity contribution in [3.05, 3.63) is 71.3 Å². The monoisotopic (exact) mass is 352 g/mol. The van der Waals surface area contributed by atoms with E-state index in [1.165, 1.54) is 26.4 Å². The Hall–Kier alpha value is -1.97. The second-order valence-corrected chi connectivity index (χ2v) is 8.40. The molecule has 0 radical (unpaired) electrons. The van der Waals surface area contributed by atoms with Crippen LogP contribution in [0.5, 0.6) is 0 Å². The molecule has 0 fully saturated rings. The molecule has 1 aromatic carbocycles. The van der Waals surface area contributed by atoms with E-state index in [9.17, 15) is 5.11 Å². The van der Waals surface area contributed by atoms with Crippen molar-refractivity contribution in [3.63, 3.8) is 0 Å². The van der Waals surface area contributed by atoms with Crippen molar-refractivity contribution in [1.29, 1.82) is 0 Å². The molecule has 25 heavy (non-hydrogen) atoms. The van der Waals surface area contributed by atoms with Crippen LogP contribution >= 0.6 is 11.3 Å². The van der Waals surface area contributed by atoms with Gasteiger partial charge in [0, 0.05) is 12.1 Å². The van der Waals surface area contributed by atoms with Crippen LogP contribution in [0.15, 0.2) is 66.3 Å². The molecule has 0 atom stereocenters. The maximum absolute atomic E-state index is 9.48. The summed E-state index contributed by atoms with van der Waals surface area (Å²) in [4.78, 5) is 0. The third-order valence-electron chi connectivity index (χ3n) is 4.45. The summed E-state index contributed by atoms with van der Waals surface area (Å²) < 4.78 is 3.48. The van der Waals surface area contributed by atoms with Gasteiger partial charge in [0.15, 0.2) is 6.54 Å². The number of nitrogens with zero attached hydrogens (tertiary/aromatic N) is 1. The van der Waals surface area contributed by atoms with E-state index in [-0.39, 0.29) is 12.0 Å². The van der Waals surface area contributed by atoms with E-state index in [1.54, 1.807) is 11.3 Å². The molecule has 1 heterocycles. The Morgan fingerprint density at radius 3 is 2.84 bits per heavy atom. The summed E-state index contributed by atoms with van der Waals surface area (Å²) in [7, 11) is 0. The minimum absolute atomic E-state index is 0.149. The van der Waals surface area contributed by atoms with E-state index in [0.717, 1.165) is 12.8 Å². The van der Waals surface area contributed by atoms with Gasteiger partial charge in [0.25, 0.3) is 5.01 Å². The highest BCUT2D eigenvalue weighted by molar-refractivity contribution is 7.18. The molecule has 1 aromatic heterocycles. The summed E-state index contributed by atoms with van der Waals surface area (Å²) in [5.74, 6) is 0. The molecule has 2 aromatic rings. The highest BCUT2D eigenvalue weighted by atomic mass is 32.1. The van der Waals surface area contributed by atoms with Gasteiger partial charge in [-0.25, -0.2) is 0 Å². The number of fused-ring (bicyclic) bond motifs is 1. The van der Waals surface area contributed by atoms with Crippen LogP contribution in [-0.2, 0) is 6.54 Å². The third-order valence-corrected chi connectivity index (χ3v) is 5.56. The summed E-state index contributed by atoms with van der Waals surface area (Å²) in [5, 5.41) is 10.7. The van der Waals surface area contributed by atoms with Crippen molar-refractivity contribution in [3.8, 4) is 0 Å². The van der Waals surface area contributed by atoms with E-state index in [0.29, 0.717) is 6.54 Å². The van der Waals surface area contributed by atoms with Gasteiger partial charge in [0.05, 0.1) is 0 Å². The fourth-order valence-corrected chi connectivity index (χ4v) is 4.71. The van der Waals surface area contributed by atoms with Crippen LogP contribution in [0, 0.1) is 5.41 Å². The van der Waals surface area contributed by atoms with Gasteiger partial charge in [0.2, 0.25) is 5.52 Å². The molecule has 0 bridgehead atoms. The maximum atomic E-state index is 9.48. The first-order valence-corrected chi connectivity index (χ1v) is 9.56. The van der Waals surface area contributed by atoms with Gasteiger partial charge in [-0.1, -0.05) is 68.2 Å². The van der Waals surface area contributed by atoms with E-state index in [1.807, 2.05) is 12.2 Å². The van der Waals surface area contributed by atoms with Crippen molar-refractivity contribution in [2.45, 2.75) is 33.2 Å². The van der Waals surface area contributed by atoms with Gasteiger partial charge >= 0.3 is 0 Å². The lowest BCUT2D eigenvalue weighted by Gasteiger charge is -2.30. The van der Waals surface area contributed by atoms with Crippen molar-refractivity contribution >= 4 is 27.6 Å². The molecule has 3 rings (SSSR count). The van der Waals surface area contributed by atoms with Gasteiger partial charge in [-0.3, -0.25) is 0 Å². The Morgan fingerprint density at radius 2 is 2.08 bits per heavy atom. The molecule has 0 spiro atoms. The predicted molar refractivity (Wildman–Crippen MR) is 108 cm³/mol. The molecule has 0 saturated heterocycles. The summed E-state index contributed by atoms with van der Waals surface area (Å²) in [6.45, 7) is 9.19. The largest absolute Gasteiger partial charge is 0.390 e. The molecule has 1 aliphatic carbocycles. The zero-order valence-corrected chi connectivity index (χ0v) is 15.9. The lowest BCUT2D eigenvalue weighted by atomic mass is 9.75. The number of aliphatic hydroxyl groups excluding tert-OH is 1. The first kappa shape index (κ1) is 17.8. The number of benzene rings is 1. The molecular weight excluding hydrogens is 326 g/mol. The quantitative estimate of drug-likeness (QED) is 0.591. The standard InChI is InChI=1S/C22H26NOS/c1-4-5-8-17-13-18(16-22(2,3)15-17)14-21-23(11-12-24)19-9-6-7-10-20(19)25-21/h4-10,13-14,24H,1,11-12,15-16H2,2-3H3/q+1. The molecule has 0 aliphatic heterocycles. The minimum Gasteiger partial charge on any atom is -0.390 e. The van der Waals surface area contributed by atoms with Gasteiger partial charge in [0.1, 0.15) is 11.3 Å². The van der Waals surface area contributed by atoms with Crippen LogP contribution in [0.2, 0.25) is 0 Å². The maximum Gasteiger partial charge on any atom is 0.263 e. The number of thiazole rings is 1. The SMILES string of the molecule is C=CC=CC1=CC(=Cc2sc3ccccc3[n+]2CCO)CC(C)(C)C1. The summed E-state index contributed by atoms with van der Waals surface area (Å²) in [6, 6.07) is 8.40. The first-order valence-electron chi connectivity index (χ1n) is 8.75. The number of hydrogen-bond donors (Lipinski definition) is 1. The Morgan fingerprint density at radius 1 is 1.28 bits per heavy atom. The number of aliphatic hydroxyl groups is 1. The van der Waals surface area contributed by atoms with Crippen LogP contribution in [0.25, 0.3) is 16.3 Å². The van der Waals surface area contributed by atoms with Crippen LogP contribution in [-0.4, -0.2) is 11.7 Å². The topological polar surface area (TPSA) is 24.1 Å². The van der Waals surface area contributed by atoms with Gasteiger partial charge in [-0.05, 0) is 35.5 Å². The summed E-state index contributed by atoms with van der Waals surface area (Å²) in [5.41, 5.74) is 4.13. The molecule has 0 saturated carbocycles. The van der Waals surface area contributed by atoms with E-state index in [2.05, 4.69) is 67.5 Å². The normalized spacial score (nSPS) is 18.8. The molecule has 1 aliphatic rings. The lowest BCUT2D eigenvalue weighted by molar-refractivity contribution is -0.670. The van der Waals surface area contributed by atoms with Crippen LogP contribution < -0.4 is 4.57 Å². The molecule has 2 nitrogen and oxygen atoms in total. The Labute approximate surface area is 154 Å². The molecular formula is C22H26NOS+. The molecule has 130 valence electrons. The second kappa shape index (κ2) is 7.51. The average molecular weight is 353 g/mol. The lowest BCUT2D eigenvalue weighted by Crippen LogP contribution is -2.36. The number of allylic oxidation sites excluding steroid dienone is 6. The van der Waals surface area contributed by atoms with Crippen LogP contribution in [0.4, 0.5) is 0 Å². The minimum atomic E-state index is 0.149. The molecule has 0 unspecified atom stereocenters. The fourth-order valence-electron chi connectivity index (χ4n) is 3.55. The van der Waals surface area contributed by atoms with E-state index in [4.69, 9.17) is 0 Å². The summed E-state index contributed by atoms with van der Waals surface area (Å²) >= 11 is 1.79. The first-order chi connectivity index (χ1) is 12.0. The molecule has 1 N–H and O–H groups in total. The Kier molecular flexibility index (Phi) is 5.36. The van der Waals surface area contributed by atoms with E-state index < -0.39 is 0 Å². The Balaban J connectivity index is 2.06. The smallest absolute Gasteiger partial charge is 0.263 e. The van der Waals surface area contributed by atoms with Crippen molar-refractivity contribution in [1.82, 2.24) is 0 Å². The average Bonchev–Trinajstić information content (AvgIpc) is 2.89. The summed E-state index contributed by atoms with van der Waals surface area (Å²) in [6.07, 6.45) is 12.7. The Bertz CT molecular complexity index is 867. The van der Waals surface area contributed by atoms with Crippen LogP contribution in [0.1, 0.15) is 31.7 Å². The van der Waals surface area contributed by atoms with Gasteiger partial charge < -0.3 is 5.11 Å². The number of rotatable bonds is 5. The number of aromatic nitrogens is 1. The molecule has 0 amide bonds. The number of para-hydroxylation sites is 1. The van der Waals surface area contributed by atoms with Crippen molar-refractivity contribution in [2.75, 3.05) is 6.61 Å². The fraction of sp³-hybridized carbons (Fsp3) is 0.318. The zero-order chi connectivity index (χ0) is 17.9. The third kappa shape index (κ3) is 4.17.